The Hall–Kier alpha value is -0.780. The molecule has 0 aromatic carbocycles. The van der Waals surface area contributed by atoms with Crippen LogP contribution in [-0.4, -0.2) is 40.4 Å². The molecule has 2 aliphatic rings. The molecule has 0 aromatic heterocycles. The molecule has 0 bridgehead atoms. The van der Waals surface area contributed by atoms with Gasteiger partial charge in [0, 0.05) is 25.4 Å². The van der Waals surface area contributed by atoms with E-state index in [-0.39, 0.29) is 12.2 Å². The van der Waals surface area contributed by atoms with E-state index in [2.05, 4.69) is 21.1 Å². The number of carbonyl (C=O) groups is 1. The van der Waals surface area contributed by atoms with Crippen molar-refractivity contribution in [3.63, 3.8) is 0 Å². The van der Waals surface area contributed by atoms with Crippen LogP contribution in [0.4, 0.5) is 4.79 Å². The van der Waals surface area contributed by atoms with Gasteiger partial charge in [0.05, 0.1) is 0 Å². The number of hydrogen-bond acceptors (Lipinski definition) is 4. The summed E-state index contributed by atoms with van der Waals surface area (Å²) in [5.41, 5.74) is -0.429. The average molecular weight is 333 g/mol. The summed E-state index contributed by atoms with van der Waals surface area (Å²) >= 11 is 3.35. The van der Waals surface area contributed by atoms with Gasteiger partial charge in [0.2, 0.25) is 0 Å². The lowest BCUT2D eigenvalue weighted by molar-refractivity contribution is -0.00456. The third-order valence-corrected chi connectivity index (χ3v) is 3.84. The first-order valence-corrected chi connectivity index (χ1v) is 7.50. The molecule has 1 fully saturated rings. The smallest absolute Gasteiger partial charge is 0.410 e. The van der Waals surface area contributed by atoms with Crippen molar-refractivity contribution in [1.29, 1.82) is 0 Å². The summed E-state index contributed by atoms with van der Waals surface area (Å²) in [6.45, 7) is 7.13. The van der Waals surface area contributed by atoms with Gasteiger partial charge in [0.1, 0.15) is 16.3 Å². The van der Waals surface area contributed by atoms with Crippen molar-refractivity contribution >= 4 is 26.6 Å². The van der Waals surface area contributed by atoms with Crippen LogP contribution >= 0.6 is 15.9 Å². The van der Waals surface area contributed by atoms with Crippen LogP contribution in [0.5, 0.6) is 0 Å². The highest BCUT2D eigenvalue weighted by molar-refractivity contribution is 9.18. The normalized spacial score (nSPS) is 24.9. The van der Waals surface area contributed by atoms with Crippen molar-refractivity contribution in [1.82, 2.24) is 4.90 Å². The number of rotatable bonds is 1. The van der Waals surface area contributed by atoms with E-state index in [1.54, 1.807) is 4.90 Å². The predicted molar refractivity (Wildman–Crippen MR) is 76.4 cm³/mol. The van der Waals surface area contributed by atoms with Crippen LogP contribution in [0.2, 0.25) is 0 Å². The van der Waals surface area contributed by atoms with E-state index in [9.17, 15) is 4.79 Å². The van der Waals surface area contributed by atoms with Gasteiger partial charge in [-0.15, -0.1) is 0 Å². The van der Waals surface area contributed by atoms with Crippen molar-refractivity contribution in [2.24, 2.45) is 11.1 Å². The molecule has 2 rings (SSSR count). The second-order valence-corrected chi connectivity index (χ2v) is 7.04. The Morgan fingerprint density at radius 1 is 1.42 bits per heavy atom. The van der Waals surface area contributed by atoms with Gasteiger partial charge < -0.3 is 14.5 Å². The van der Waals surface area contributed by atoms with Gasteiger partial charge in [-0.25, -0.2) is 4.79 Å². The van der Waals surface area contributed by atoms with E-state index in [1.165, 1.54) is 0 Å². The molecule has 1 amide bonds. The molecule has 0 saturated carbocycles. The Labute approximate surface area is 122 Å². The Morgan fingerprint density at radius 3 is 2.53 bits per heavy atom. The average Bonchev–Trinajstić information content (AvgIpc) is 2.74. The van der Waals surface area contributed by atoms with E-state index in [0.717, 1.165) is 37.0 Å². The van der Waals surface area contributed by atoms with E-state index < -0.39 is 5.60 Å². The number of likely N-dealkylation sites (tertiary alicyclic amines) is 1. The fraction of sp³-hybridized carbons (Fsp3) is 0.846. The molecule has 1 atom stereocenters. The van der Waals surface area contributed by atoms with Gasteiger partial charge in [-0.2, -0.15) is 0 Å². The van der Waals surface area contributed by atoms with Gasteiger partial charge in [0.25, 0.3) is 0 Å². The molecule has 0 radical (unpaired) electrons. The molecule has 0 unspecified atom stereocenters. The molecule has 0 aliphatic carbocycles. The number of oxime groups is 1. The highest BCUT2D eigenvalue weighted by Crippen LogP contribution is 2.29. The van der Waals surface area contributed by atoms with E-state index in [0.29, 0.717) is 5.92 Å². The first-order chi connectivity index (χ1) is 8.85. The first-order valence-electron chi connectivity index (χ1n) is 6.71. The summed E-state index contributed by atoms with van der Waals surface area (Å²) in [6, 6.07) is 0. The van der Waals surface area contributed by atoms with Gasteiger partial charge >= 0.3 is 6.09 Å². The van der Waals surface area contributed by atoms with Crippen LogP contribution in [0.15, 0.2) is 5.16 Å². The monoisotopic (exact) mass is 332 g/mol. The van der Waals surface area contributed by atoms with Crippen molar-refractivity contribution in [3.8, 4) is 0 Å². The number of carbonyl (C=O) groups excluding carboxylic acids is 1. The second-order valence-electron chi connectivity index (χ2n) is 6.12. The van der Waals surface area contributed by atoms with Crippen LogP contribution in [0.1, 0.15) is 40.0 Å². The number of piperidine rings is 1. The highest BCUT2D eigenvalue weighted by Gasteiger charge is 2.34. The topological polar surface area (TPSA) is 51.1 Å². The Balaban J connectivity index is 1.78. The minimum atomic E-state index is -0.429. The first kappa shape index (κ1) is 14.6. The maximum Gasteiger partial charge on any atom is 0.410 e. The molecule has 6 heteroatoms. The van der Waals surface area contributed by atoms with E-state index >= 15 is 0 Å². The van der Waals surface area contributed by atoms with Crippen molar-refractivity contribution in [3.05, 3.63) is 0 Å². The van der Waals surface area contributed by atoms with E-state index in [4.69, 9.17) is 9.57 Å². The lowest BCUT2D eigenvalue weighted by atomic mass is 9.90. The Morgan fingerprint density at radius 2 is 2.05 bits per heavy atom. The highest BCUT2D eigenvalue weighted by atomic mass is 79.9. The number of nitrogens with zero attached hydrogens (tertiary/aromatic N) is 2. The lowest BCUT2D eigenvalue weighted by Crippen LogP contribution is -2.43. The summed E-state index contributed by atoms with van der Waals surface area (Å²) in [4.78, 5) is 19.1. The van der Waals surface area contributed by atoms with Crippen LogP contribution in [0, 0.1) is 5.92 Å². The van der Waals surface area contributed by atoms with Crippen LogP contribution in [0.3, 0.4) is 0 Å². The maximum absolute atomic E-state index is 11.9. The Bertz CT molecular complexity index is 371. The summed E-state index contributed by atoms with van der Waals surface area (Å²) in [5.74, 6) is 0.470. The third-order valence-electron chi connectivity index (χ3n) is 3.37. The van der Waals surface area contributed by atoms with Gasteiger partial charge in [-0.05, 0) is 49.5 Å². The lowest BCUT2D eigenvalue weighted by Gasteiger charge is -2.34. The molecule has 108 valence electrons. The molecule has 5 nitrogen and oxygen atoms in total. The largest absolute Gasteiger partial charge is 0.444 e. The fourth-order valence-electron chi connectivity index (χ4n) is 2.40. The van der Waals surface area contributed by atoms with Gasteiger partial charge in [-0.3, -0.25) is 0 Å². The van der Waals surface area contributed by atoms with Crippen LogP contribution < -0.4 is 0 Å². The zero-order valence-corrected chi connectivity index (χ0v) is 13.3. The van der Waals surface area contributed by atoms with Gasteiger partial charge in [-0.1, -0.05) is 5.16 Å². The zero-order valence-electron chi connectivity index (χ0n) is 11.7. The number of ether oxygens (including phenoxy) is 1. The summed E-state index contributed by atoms with van der Waals surface area (Å²) in [5, 5.41) is 3.92. The van der Waals surface area contributed by atoms with Crippen molar-refractivity contribution in [2.75, 3.05) is 13.1 Å². The number of amides is 1. The standard InChI is InChI=1S/C13H21BrN2O3/c1-13(2,3)18-12(17)16-6-4-9(5-7-16)10-8-11(14)15-19-10/h9-10H,4-8H2,1-3H3/t10-/m0/s1. The summed E-state index contributed by atoms with van der Waals surface area (Å²) in [7, 11) is 0. The fourth-order valence-corrected chi connectivity index (χ4v) is 2.80. The molecular weight excluding hydrogens is 312 g/mol. The number of hydrogen-bond donors (Lipinski definition) is 0. The van der Waals surface area contributed by atoms with Crippen molar-refractivity contribution < 1.29 is 14.4 Å². The minimum absolute atomic E-state index is 0.162. The molecular formula is C13H21BrN2O3. The molecule has 19 heavy (non-hydrogen) atoms. The van der Waals surface area contributed by atoms with Crippen LogP contribution in [-0.2, 0) is 9.57 Å². The zero-order chi connectivity index (χ0) is 14.0. The number of halogens is 1. The second kappa shape index (κ2) is 5.69. The van der Waals surface area contributed by atoms with Crippen molar-refractivity contribution in [2.45, 2.75) is 51.7 Å². The van der Waals surface area contributed by atoms with E-state index in [1.807, 2.05) is 20.8 Å². The van der Waals surface area contributed by atoms with Crippen LogP contribution in [0.25, 0.3) is 0 Å². The quantitative estimate of drug-likeness (QED) is 0.741. The van der Waals surface area contributed by atoms with Gasteiger partial charge in [0.15, 0.2) is 0 Å². The SMILES string of the molecule is CC(C)(C)OC(=O)N1CCC([C@@H]2CC(Br)=NO2)CC1. The molecule has 2 aliphatic heterocycles. The molecule has 2 heterocycles. The minimum Gasteiger partial charge on any atom is -0.444 e. The molecule has 0 N–H and O–H groups in total. The molecule has 0 aromatic rings. The molecule has 1 saturated heterocycles. The molecule has 0 spiro atoms. The third kappa shape index (κ3) is 4.09. The summed E-state index contributed by atoms with van der Waals surface area (Å²) < 4.78 is 6.26. The maximum atomic E-state index is 11.9. The Kier molecular flexibility index (Phi) is 4.38. The summed E-state index contributed by atoms with van der Waals surface area (Å²) in [6.07, 6.45) is 2.68. The predicted octanol–water partition coefficient (Wildman–Crippen LogP) is 3.13.